The van der Waals surface area contributed by atoms with Crippen LogP contribution >= 0.6 is 0 Å². The molecule has 1 amide bonds. The number of piperidine rings is 1. The highest BCUT2D eigenvalue weighted by molar-refractivity contribution is 5.67. The maximum absolute atomic E-state index is 11.6. The van der Waals surface area contributed by atoms with Crippen molar-refractivity contribution < 1.29 is 9.53 Å². The molecule has 0 saturated carbocycles. The summed E-state index contributed by atoms with van der Waals surface area (Å²) in [6, 6.07) is 0.521. The first-order valence-corrected chi connectivity index (χ1v) is 5.67. The topological polar surface area (TPSA) is 41.6 Å². The van der Waals surface area contributed by atoms with Gasteiger partial charge in [-0.1, -0.05) is 6.92 Å². The van der Waals surface area contributed by atoms with Crippen molar-refractivity contribution >= 4 is 6.09 Å². The zero-order chi connectivity index (χ0) is 11.4. The summed E-state index contributed by atoms with van der Waals surface area (Å²) < 4.78 is 5.17. The number of carbonyl (C=O) groups excluding carboxylic acids is 1. The van der Waals surface area contributed by atoms with Gasteiger partial charge in [0.1, 0.15) is 0 Å². The summed E-state index contributed by atoms with van der Waals surface area (Å²) in [6.07, 6.45) is 0.798. The molecule has 0 aromatic heterocycles. The van der Waals surface area contributed by atoms with Crippen molar-refractivity contribution in [2.45, 2.75) is 39.3 Å². The van der Waals surface area contributed by atoms with Crippen molar-refractivity contribution in [3.8, 4) is 0 Å². The maximum Gasteiger partial charge on any atom is 0.410 e. The van der Waals surface area contributed by atoms with Crippen LogP contribution in [0.5, 0.6) is 0 Å². The summed E-state index contributed by atoms with van der Waals surface area (Å²) in [5.41, 5.74) is 0. The number of amides is 1. The normalized spacial score (nSPS) is 26.9. The van der Waals surface area contributed by atoms with Crippen LogP contribution in [-0.2, 0) is 4.74 Å². The van der Waals surface area contributed by atoms with Gasteiger partial charge in [-0.05, 0) is 33.2 Å². The Morgan fingerprint density at radius 3 is 2.67 bits per heavy atom. The van der Waals surface area contributed by atoms with Gasteiger partial charge in [0.2, 0.25) is 0 Å². The number of ether oxygens (including phenoxy) is 1. The Morgan fingerprint density at radius 2 is 2.20 bits per heavy atom. The summed E-state index contributed by atoms with van der Waals surface area (Å²) in [7, 11) is 1.98. The third-order valence-corrected chi connectivity index (χ3v) is 2.87. The number of carbonyl (C=O) groups is 1. The van der Waals surface area contributed by atoms with Crippen LogP contribution in [0, 0.1) is 5.92 Å². The fourth-order valence-corrected chi connectivity index (χ4v) is 2.02. The third kappa shape index (κ3) is 3.38. The van der Waals surface area contributed by atoms with E-state index >= 15 is 0 Å². The number of rotatable bonds is 2. The lowest BCUT2D eigenvalue weighted by Crippen LogP contribution is -2.49. The smallest absolute Gasteiger partial charge is 0.410 e. The lowest BCUT2D eigenvalue weighted by molar-refractivity contribution is 0.0588. The highest BCUT2D eigenvalue weighted by Crippen LogP contribution is 2.17. The molecule has 0 aromatic carbocycles. The van der Waals surface area contributed by atoms with Gasteiger partial charge < -0.3 is 15.0 Å². The van der Waals surface area contributed by atoms with Crippen LogP contribution in [0.1, 0.15) is 27.2 Å². The lowest BCUT2D eigenvalue weighted by atomic mass is 9.94. The molecule has 0 bridgehead atoms. The molecule has 0 aromatic rings. The van der Waals surface area contributed by atoms with Crippen LogP contribution in [0.4, 0.5) is 4.79 Å². The van der Waals surface area contributed by atoms with Crippen LogP contribution in [0.25, 0.3) is 0 Å². The van der Waals surface area contributed by atoms with Gasteiger partial charge >= 0.3 is 6.09 Å². The molecular formula is C11H22N2O2. The van der Waals surface area contributed by atoms with E-state index in [1.807, 2.05) is 20.9 Å². The van der Waals surface area contributed by atoms with Gasteiger partial charge in [0.05, 0.1) is 6.10 Å². The molecule has 1 aliphatic rings. The monoisotopic (exact) mass is 214 g/mol. The van der Waals surface area contributed by atoms with E-state index < -0.39 is 0 Å². The molecule has 1 fully saturated rings. The second-order valence-electron chi connectivity index (χ2n) is 4.54. The molecule has 2 atom stereocenters. The number of likely N-dealkylation sites (tertiary alicyclic amines) is 1. The maximum atomic E-state index is 11.6. The van der Waals surface area contributed by atoms with E-state index in [2.05, 4.69) is 12.2 Å². The Morgan fingerprint density at radius 1 is 1.53 bits per heavy atom. The molecular weight excluding hydrogens is 192 g/mol. The van der Waals surface area contributed by atoms with Gasteiger partial charge in [0.15, 0.2) is 0 Å². The minimum atomic E-state index is -0.175. The first-order chi connectivity index (χ1) is 7.04. The predicted octanol–water partition coefficient (Wildman–Crippen LogP) is 1.46. The Hall–Kier alpha value is -0.770. The minimum Gasteiger partial charge on any atom is -0.447 e. The summed E-state index contributed by atoms with van der Waals surface area (Å²) in [5, 5.41) is 3.28. The molecule has 88 valence electrons. The second-order valence-corrected chi connectivity index (χ2v) is 4.54. The van der Waals surface area contributed by atoms with E-state index in [1.165, 1.54) is 0 Å². The van der Waals surface area contributed by atoms with Crippen molar-refractivity contribution in [2.75, 3.05) is 20.1 Å². The summed E-state index contributed by atoms with van der Waals surface area (Å²) >= 11 is 0. The van der Waals surface area contributed by atoms with Crippen LogP contribution in [0.15, 0.2) is 0 Å². The molecule has 1 rings (SSSR count). The van der Waals surface area contributed by atoms with Crippen molar-refractivity contribution in [3.63, 3.8) is 0 Å². The molecule has 0 spiro atoms. The van der Waals surface area contributed by atoms with Gasteiger partial charge in [-0.15, -0.1) is 0 Å². The Bertz CT molecular complexity index is 219. The van der Waals surface area contributed by atoms with Gasteiger partial charge in [0.25, 0.3) is 0 Å². The summed E-state index contributed by atoms with van der Waals surface area (Å²) in [5.74, 6) is 0.489. The van der Waals surface area contributed by atoms with E-state index in [0.29, 0.717) is 12.0 Å². The Kier molecular flexibility index (Phi) is 4.39. The lowest BCUT2D eigenvalue weighted by Gasteiger charge is -2.36. The van der Waals surface area contributed by atoms with Crippen LogP contribution in [-0.4, -0.2) is 43.3 Å². The molecule has 4 heteroatoms. The fourth-order valence-electron chi connectivity index (χ4n) is 2.02. The molecule has 4 nitrogen and oxygen atoms in total. The fraction of sp³-hybridized carbons (Fsp3) is 0.909. The van der Waals surface area contributed by atoms with Crippen molar-refractivity contribution in [2.24, 2.45) is 5.92 Å². The Balaban J connectivity index is 2.43. The molecule has 1 heterocycles. The molecule has 0 radical (unpaired) electrons. The van der Waals surface area contributed by atoms with Crippen molar-refractivity contribution in [3.05, 3.63) is 0 Å². The van der Waals surface area contributed by atoms with E-state index in [0.717, 1.165) is 19.5 Å². The van der Waals surface area contributed by atoms with Gasteiger partial charge in [0, 0.05) is 19.1 Å². The number of hydrogen-bond acceptors (Lipinski definition) is 3. The van der Waals surface area contributed by atoms with E-state index in [-0.39, 0.29) is 12.2 Å². The van der Waals surface area contributed by atoms with Crippen molar-refractivity contribution in [1.82, 2.24) is 10.2 Å². The Labute approximate surface area is 92.0 Å². The largest absolute Gasteiger partial charge is 0.447 e. The first kappa shape index (κ1) is 12.3. The molecule has 1 N–H and O–H groups in total. The number of nitrogens with zero attached hydrogens (tertiary/aromatic N) is 1. The first-order valence-electron chi connectivity index (χ1n) is 5.67. The SMILES string of the molecule is CNC1CCN(C(=O)OC(C)C)CC1C. The average Bonchev–Trinajstić information content (AvgIpc) is 2.16. The molecule has 1 aliphatic heterocycles. The number of hydrogen-bond donors (Lipinski definition) is 1. The summed E-state index contributed by atoms with van der Waals surface area (Å²) in [6.45, 7) is 7.50. The second kappa shape index (κ2) is 5.35. The predicted molar refractivity (Wildman–Crippen MR) is 59.8 cm³/mol. The standard InChI is InChI=1S/C11H22N2O2/c1-8(2)15-11(14)13-6-5-10(12-4)9(3)7-13/h8-10,12H,5-7H2,1-4H3. The van der Waals surface area contributed by atoms with Gasteiger partial charge in [-0.25, -0.2) is 4.79 Å². The third-order valence-electron chi connectivity index (χ3n) is 2.87. The zero-order valence-corrected chi connectivity index (χ0v) is 10.1. The average molecular weight is 214 g/mol. The number of nitrogens with one attached hydrogen (secondary N) is 1. The van der Waals surface area contributed by atoms with E-state index in [4.69, 9.17) is 4.74 Å². The highest BCUT2D eigenvalue weighted by Gasteiger charge is 2.28. The van der Waals surface area contributed by atoms with Crippen LogP contribution in [0.3, 0.4) is 0 Å². The zero-order valence-electron chi connectivity index (χ0n) is 10.1. The quantitative estimate of drug-likeness (QED) is 0.756. The van der Waals surface area contributed by atoms with Crippen LogP contribution in [0.2, 0.25) is 0 Å². The molecule has 15 heavy (non-hydrogen) atoms. The molecule has 0 aliphatic carbocycles. The molecule has 2 unspecified atom stereocenters. The molecule has 1 saturated heterocycles. The highest BCUT2D eigenvalue weighted by atomic mass is 16.6. The van der Waals surface area contributed by atoms with E-state index in [9.17, 15) is 4.79 Å². The van der Waals surface area contributed by atoms with Crippen molar-refractivity contribution in [1.29, 1.82) is 0 Å². The van der Waals surface area contributed by atoms with Crippen LogP contribution < -0.4 is 5.32 Å². The van der Waals surface area contributed by atoms with Gasteiger partial charge in [-0.3, -0.25) is 0 Å². The minimum absolute atomic E-state index is 0.0326. The van der Waals surface area contributed by atoms with Gasteiger partial charge in [-0.2, -0.15) is 0 Å². The van der Waals surface area contributed by atoms with E-state index in [1.54, 1.807) is 4.90 Å². The summed E-state index contributed by atoms with van der Waals surface area (Å²) in [4.78, 5) is 13.4.